The molecule has 1 nitrogen and oxygen atoms in total. The van der Waals surface area contributed by atoms with Crippen LogP contribution in [0, 0.1) is 13.8 Å². The SMILES string of the molecule is C=C/C=C\C=C(/C)c1ccc(\C=C/C(=C\C=C\C)c2ccccc2Oc2ccccc2C)cc1.Cc1ccc(-c2ccc3c(c2)C(C)(C)c2ccccc2-3)cc1. The monoisotopic (exact) mass is 728 g/mol. The summed E-state index contributed by atoms with van der Waals surface area (Å²) in [6.45, 7) is 16.7. The number of rotatable bonds is 10. The fourth-order valence-electron chi connectivity index (χ4n) is 7.07. The third-order valence-corrected chi connectivity index (χ3v) is 10.4. The molecule has 0 unspecified atom stereocenters. The third kappa shape index (κ3) is 9.25. The lowest BCUT2D eigenvalue weighted by atomic mass is 9.81. The van der Waals surface area contributed by atoms with Gasteiger partial charge in [-0.15, -0.1) is 0 Å². The quantitative estimate of drug-likeness (QED) is 0.128. The van der Waals surface area contributed by atoms with Crippen molar-refractivity contribution in [3.63, 3.8) is 0 Å². The first-order valence-corrected chi connectivity index (χ1v) is 19.4. The van der Waals surface area contributed by atoms with Crippen LogP contribution in [0.2, 0.25) is 0 Å². The summed E-state index contributed by atoms with van der Waals surface area (Å²) in [7, 11) is 0. The van der Waals surface area contributed by atoms with E-state index in [1.165, 1.54) is 50.1 Å². The Bertz CT molecular complexity index is 2440. The van der Waals surface area contributed by atoms with Gasteiger partial charge in [-0.05, 0) is 107 Å². The zero-order valence-electron chi connectivity index (χ0n) is 33.6. The summed E-state index contributed by atoms with van der Waals surface area (Å²) in [4.78, 5) is 0. The van der Waals surface area contributed by atoms with Gasteiger partial charge < -0.3 is 4.74 Å². The lowest BCUT2D eigenvalue weighted by molar-refractivity contribution is 0.477. The minimum atomic E-state index is 0.0760. The Morgan fingerprint density at radius 1 is 0.625 bits per heavy atom. The fraction of sp³-hybridized carbons (Fsp3) is 0.127. The molecule has 1 aliphatic rings. The molecule has 1 aliphatic carbocycles. The summed E-state index contributed by atoms with van der Waals surface area (Å²) < 4.78 is 6.32. The second-order valence-corrected chi connectivity index (χ2v) is 14.7. The molecule has 0 radical (unpaired) electrons. The average molecular weight is 729 g/mol. The predicted octanol–water partition coefficient (Wildman–Crippen LogP) is 15.6. The first-order chi connectivity index (χ1) is 27.2. The summed E-state index contributed by atoms with van der Waals surface area (Å²) in [6.07, 6.45) is 18.3. The molecule has 0 N–H and O–H groups in total. The molecule has 0 atom stereocenters. The van der Waals surface area contributed by atoms with Gasteiger partial charge in [-0.25, -0.2) is 0 Å². The van der Waals surface area contributed by atoms with Gasteiger partial charge in [0, 0.05) is 11.0 Å². The largest absolute Gasteiger partial charge is 0.456 e. The van der Waals surface area contributed by atoms with E-state index in [0.29, 0.717) is 0 Å². The number of allylic oxidation sites excluding steroid dienone is 10. The molecule has 1 heteroatoms. The molecule has 0 heterocycles. The molecule has 0 spiro atoms. The van der Waals surface area contributed by atoms with E-state index < -0.39 is 0 Å². The van der Waals surface area contributed by atoms with Gasteiger partial charge in [0.25, 0.3) is 0 Å². The van der Waals surface area contributed by atoms with Crippen LogP contribution in [0.1, 0.15) is 66.6 Å². The number of benzene rings is 6. The number of para-hydroxylation sites is 2. The molecule has 7 rings (SSSR count). The zero-order valence-corrected chi connectivity index (χ0v) is 33.6. The molecular weight excluding hydrogens is 677 g/mol. The maximum atomic E-state index is 6.32. The van der Waals surface area contributed by atoms with Crippen LogP contribution in [0.5, 0.6) is 11.5 Å². The van der Waals surface area contributed by atoms with Crippen molar-refractivity contribution in [2.45, 2.75) is 47.0 Å². The number of fused-ring (bicyclic) bond motifs is 3. The van der Waals surface area contributed by atoms with Crippen LogP contribution >= 0.6 is 0 Å². The van der Waals surface area contributed by atoms with E-state index in [0.717, 1.165) is 33.8 Å². The molecule has 0 saturated heterocycles. The highest BCUT2D eigenvalue weighted by molar-refractivity contribution is 5.84. The Morgan fingerprint density at radius 3 is 2.02 bits per heavy atom. The number of hydrogen-bond acceptors (Lipinski definition) is 1. The Hall–Kier alpha value is -6.44. The molecular formula is C55H52O. The summed E-state index contributed by atoms with van der Waals surface area (Å²) in [5.41, 5.74) is 16.4. The van der Waals surface area contributed by atoms with Crippen LogP contribution in [0.25, 0.3) is 39.5 Å². The van der Waals surface area contributed by atoms with Crippen molar-refractivity contribution < 1.29 is 4.74 Å². The molecule has 0 aromatic heterocycles. The minimum absolute atomic E-state index is 0.0760. The van der Waals surface area contributed by atoms with Gasteiger partial charge in [0.15, 0.2) is 0 Å². The Labute approximate surface area is 335 Å². The number of hydrogen-bond donors (Lipinski definition) is 0. The van der Waals surface area contributed by atoms with Gasteiger partial charge >= 0.3 is 0 Å². The molecule has 0 bridgehead atoms. The van der Waals surface area contributed by atoms with Crippen molar-refractivity contribution in [1.29, 1.82) is 0 Å². The van der Waals surface area contributed by atoms with Crippen molar-refractivity contribution in [3.8, 4) is 33.8 Å². The van der Waals surface area contributed by atoms with Crippen LogP contribution in [0.3, 0.4) is 0 Å². The van der Waals surface area contributed by atoms with Gasteiger partial charge in [-0.2, -0.15) is 0 Å². The molecule has 56 heavy (non-hydrogen) atoms. The lowest BCUT2D eigenvalue weighted by Crippen LogP contribution is -2.14. The minimum Gasteiger partial charge on any atom is -0.456 e. The van der Waals surface area contributed by atoms with Crippen LogP contribution < -0.4 is 4.74 Å². The molecule has 6 aromatic carbocycles. The predicted molar refractivity (Wildman–Crippen MR) is 243 cm³/mol. The van der Waals surface area contributed by atoms with Crippen molar-refractivity contribution in [1.82, 2.24) is 0 Å². The maximum absolute atomic E-state index is 6.32. The van der Waals surface area contributed by atoms with Gasteiger partial charge in [-0.1, -0.05) is 202 Å². The highest BCUT2D eigenvalue weighted by atomic mass is 16.5. The van der Waals surface area contributed by atoms with Crippen LogP contribution in [-0.4, -0.2) is 0 Å². The van der Waals surface area contributed by atoms with E-state index in [2.05, 4.69) is 175 Å². The maximum Gasteiger partial charge on any atom is 0.135 e. The smallest absolute Gasteiger partial charge is 0.135 e. The van der Waals surface area contributed by atoms with Gasteiger partial charge in [0.1, 0.15) is 11.5 Å². The first kappa shape index (κ1) is 39.3. The molecule has 278 valence electrons. The normalized spacial score (nSPS) is 13.4. The third-order valence-electron chi connectivity index (χ3n) is 10.4. The van der Waals surface area contributed by atoms with E-state index >= 15 is 0 Å². The van der Waals surface area contributed by atoms with Gasteiger partial charge in [-0.3, -0.25) is 0 Å². The highest BCUT2D eigenvalue weighted by Crippen LogP contribution is 2.49. The first-order valence-electron chi connectivity index (χ1n) is 19.4. The van der Waals surface area contributed by atoms with Crippen molar-refractivity contribution >= 4 is 17.2 Å². The fourth-order valence-corrected chi connectivity index (χ4v) is 7.07. The van der Waals surface area contributed by atoms with Gasteiger partial charge in [0.05, 0.1) is 0 Å². The van der Waals surface area contributed by atoms with Crippen LogP contribution in [0.15, 0.2) is 195 Å². The number of ether oxygens (including phenoxy) is 1. The molecule has 0 saturated carbocycles. The van der Waals surface area contributed by atoms with Crippen molar-refractivity contribution in [2.75, 3.05) is 0 Å². The lowest BCUT2D eigenvalue weighted by Gasteiger charge is -2.22. The Kier molecular flexibility index (Phi) is 12.8. The van der Waals surface area contributed by atoms with Crippen molar-refractivity contribution in [3.05, 3.63) is 234 Å². The van der Waals surface area contributed by atoms with E-state index in [1.807, 2.05) is 61.5 Å². The Balaban J connectivity index is 0.000000207. The second kappa shape index (κ2) is 18.3. The van der Waals surface area contributed by atoms with Gasteiger partial charge in [0.2, 0.25) is 0 Å². The van der Waals surface area contributed by atoms with E-state index in [1.54, 1.807) is 6.08 Å². The molecule has 0 amide bonds. The Morgan fingerprint density at radius 2 is 1.29 bits per heavy atom. The molecule has 0 aliphatic heterocycles. The summed E-state index contributed by atoms with van der Waals surface area (Å²) >= 11 is 0. The highest BCUT2D eigenvalue weighted by Gasteiger charge is 2.35. The summed E-state index contributed by atoms with van der Waals surface area (Å²) in [5.74, 6) is 1.70. The van der Waals surface area contributed by atoms with E-state index in [4.69, 9.17) is 4.74 Å². The van der Waals surface area contributed by atoms with Crippen LogP contribution in [-0.2, 0) is 5.41 Å². The van der Waals surface area contributed by atoms with Crippen molar-refractivity contribution in [2.24, 2.45) is 0 Å². The zero-order chi connectivity index (χ0) is 39.5. The van der Waals surface area contributed by atoms with E-state index in [-0.39, 0.29) is 5.41 Å². The standard InChI is InChI=1S/C33H32O.C22H20/c1-5-7-9-14-26(3)29-23-20-28(21-24-29)22-25-30(16-8-6-2)31-17-11-13-19-33(31)34-32-18-12-10-15-27(32)4;1-15-8-10-16(11-9-15)17-12-13-19-18-6-4-5-7-20(18)22(2,3)21(19)14-17/h5-25H,1H2,2-4H3;4-14H,1-3H3/b8-6+,9-7-,25-22-,26-14+,30-16+;. The van der Waals surface area contributed by atoms with E-state index in [9.17, 15) is 0 Å². The average Bonchev–Trinajstić information content (AvgIpc) is 3.45. The number of aryl methyl sites for hydroxylation is 2. The summed E-state index contributed by atoms with van der Waals surface area (Å²) in [6, 6.07) is 49.3. The summed E-state index contributed by atoms with van der Waals surface area (Å²) in [5, 5.41) is 0. The van der Waals surface area contributed by atoms with Crippen LogP contribution in [0.4, 0.5) is 0 Å². The molecule has 6 aromatic rings. The molecule has 0 fully saturated rings. The topological polar surface area (TPSA) is 9.23 Å². The second-order valence-electron chi connectivity index (χ2n) is 14.7.